The van der Waals surface area contributed by atoms with Gasteiger partial charge in [0, 0.05) is 4.90 Å². The number of methoxy groups -OCH3 is 1. The van der Waals surface area contributed by atoms with Gasteiger partial charge in [-0.3, -0.25) is 4.79 Å². The fraction of sp³-hybridized carbons (Fsp3) is 0.263. The Morgan fingerprint density at radius 2 is 1.96 bits per heavy atom. The van der Waals surface area contributed by atoms with E-state index < -0.39 is 5.97 Å². The predicted molar refractivity (Wildman–Crippen MR) is 101 cm³/mol. The van der Waals surface area contributed by atoms with Crippen LogP contribution in [0.5, 0.6) is 0 Å². The summed E-state index contributed by atoms with van der Waals surface area (Å²) in [7, 11) is 1.31. The highest BCUT2D eigenvalue weighted by molar-refractivity contribution is 8.00. The number of rotatable bonds is 5. The molecule has 4 nitrogen and oxygen atoms in total. The van der Waals surface area contributed by atoms with E-state index in [0.29, 0.717) is 16.3 Å². The molecule has 0 spiro atoms. The Kier molecular flexibility index (Phi) is 5.66. The van der Waals surface area contributed by atoms with E-state index in [2.05, 4.69) is 28.3 Å². The topological polar surface area (TPSA) is 55.4 Å². The highest BCUT2D eigenvalue weighted by atomic mass is 35.5. The molecule has 0 saturated carbocycles. The first kappa shape index (κ1) is 17.8. The van der Waals surface area contributed by atoms with Crippen molar-refractivity contribution in [2.24, 2.45) is 0 Å². The Balaban J connectivity index is 1.62. The van der Waals surface area contributed by atoms with Crippen molar-refractivity contribution in [1.29, 1.82) is 0 Å². The number of esters is 1. The lowest BCUT2D eigenvalue weighted by Crippen LogP contribution is -2.15. The number of ether oxygens (including phenoxy) is 1. The van der Waals surface area contributed by atoms with Crippen LogP contribution in [0.1, 0.15) is 27.9 Å². The quantitative estimate of drug-likeness (QED) is 0.623. The maximum Gasteiger partial charge on any atom is 0.337 e. The van der Waals surface area contributed by atoms with Gasteiger partial charge in [0.15, 0.2) is 0 Å². The summed E-state index contributed by atoms with van der Waals surface area (Å²) in [6.07, 6.45) is 3.47. The number of aryl methyl sites for hydroxylation is 2. The van der Waals surface area contributed by atoms with E-state index in [4.69, 9.17) is 11.6 Å². The van der Waals surface area contributed by atoms with Crippen molar-refractivity contribution in [3.8, 4) is 0 Å². The van der Waals surface area contributed by atoms with Crippen LogP contribution in [0.15, 0.2) is 41.3 Å². The Labute approximate surface area is 155 Å². The molecule has 6 heteroatoms. The molecular formula is C19H18ClNO3S. The molecule has 2 aromatic rings. The van der Waals surface area contributed by atoms with Crippen molar-refractivity contribution in [2.45, 2.75) is 24.2 Å². The summed E-state index contributed by atoms with van der Waals surface area (Å²) in [5, 5.41) is 3.13. The molecule has 0 atom stereocenters. The third-order valence-corrected chi connectivity index (χ3v) is 5.42. The summed E-state index contributed by atoms with van der Waals surface area (Å²) in [4.78, 5) is 24.9. The Hall–Kier alpha value is -1.98. The molecule has 0 heterocycles. The standard InChI is InChI=1S/C19H18ClNO3S/c1-24-19(23)14-6-8-16(20)17(10-14)21-18(22)11-25-15-7-5-12-3-2-4-13(12)9-15/h5-10H,2-4,11H2,1H3,(H,21,22). The lowest BCUT2D eigenvalue weighted by atomic mass is 10.1. The monoisotopic (exact) mass is 375 g/mol. The summed E-state index contributed by atoms with van der Waals surface area (Å²) in [6, 6.07) is 11.0. The van der Waals surface area contributed by atoms with Crippen LogP contribution in [0.4, 0.5) is 5.69 Å². The second kappa shape index (κ2) is 7.93. The van der Waals surface area contributed by atoms with Crippen LogP contribution in [-0.4, -0.2) is 24.7 Å². The van der Waals surface area contributed by atoms with Crippen molar-refractivity contribution in [3.63, 3.8) is 0 Å². The van der Waals surface area contributed by atoms with Crippen LogP contribution in [-0.2, 0) is 22.4 Å². The minimum atomic E-state index is -0.473. The van der Waals surface area contributed by atoms with Gasteiger partial charge < -0.3 is 10.1 Å². The van der Waals surface area contributed by atoms with E-state index in [-0.39, 0.29) is 11.7 Å². The molecule has 1 aliphatic rings. The number of amides is 1. The smallest absolute Gasteiger partial charge is 0.337 e. The van der Waals surface area contributed by atoms with Crippen molar-refractivity contribution in [1.82, 2.24) is 0 Å². The average molecular weight is 376 g/mol. The minimum Gasteiger partial charge on any atom is -0.465 e. The molecule has 0 saturated heterocycles. The van der Waals surface area contributed by atoms with Gasteiger partial charge in [-0.25, -0.2) is 4.79 Å². The van der Waals surface area contributed by atoms with Gasteiger partial charge >= 0.3 is 5.97 Å². The summed E-state index contributed by atoms with van der Waals surface area (Å²) in [5.41, 5.74) is 3.55. The molecule has 0 aromatic heterocycles. The van der Waals surface area contributed by atoms with Crippen LogP contribution >= 0.6 is 23.4 Å². The van der Waals surface area contributed by atoms with Gasteiger partial charge in [-0.1, -0.05) is 17.7 Å². The highest BCUT2D eigenvalue weighted by Gasteiger charge is 2.13. The van der Waals surface area contributed by atoms with Crippen LogP contribution in [0.3, 0.4) is 0 Å². The number of thioether (sulfide) groups is 1. The molecule has 25 heavy (non-hydrogen) atoms. The molecule has 1 amide bonds. The lowest BCUT2D eigenvalue weighted by molar-refractivity contribution is -0.113. The number of carbonyl (C=O) groups excluding carboxylic acids is 2. The van der Waals surface area contributed by atoms with Crippen molar-refractivity contribution in [2.75, 3.05) is 18.2 Å². The molecule has 1 N–H and O–H groups in total. The molecule has 2 aromatic carbocycles. The van der Waals surface area contributed by atoms with E-state index >= 15 is 0 Å². The van der Waals surface area contributed by atoms with E-state index in [0.717, 1.165) is 17.7 Å². The zero-order valence-corrected chi connectivity index (χ0v) is 15.4. The summed E-state index contributed by atoms with van der Waals surface area (Å²) in [5.74, 6) is -0.369. The SMILES string of the molecule is COC(=O)c1ccc(Cl)c(NC(=O)CSc2ccc3c(c2)CCC3)c1. The molecule has 0 unspecified atom stereocenters. The van der Waals surface area contributed by atoms with Gasteiger partial charge in [-0.15, -0.1) is 11.8 Å². The number of hydrogen-bond acceptors (Lipinski definition) is 4. The largest absolute Gasteiger partial charge is 0.465 e. The average Bonchev–Trinajstić information content (AvgIpc) is 3.09. The van der Waals surface area contributed by atoms with Crippen molar-refractivity contribution in [3.05, 3.63) is 58.1 Å². The Morgan fingerprint density at radius 3 is 2.76 bits per heavy atom. The molecule has 3 rings (SSSR count). The zero-order valence-electron chi connectivity index (χ0n) is 13.8. The van der Waals surface area contributed by atoms with Gasteiger partial charge in [0.1, 0.15) is 0 Å². The highest BCUT2D eigenvalue weighted by Crippen LogP contribution is 2.28. The fourth-order valence-corrected chi connectivity index (χ4v) is 3.76. The molecule has 1 aliphatic carbocycles. The number of fused-ring (bicyclic) bond motifs is 1. The number of benzene rings is 2. The molecule has 0 radical (unpaired) electrons. The second-order valence-electron chi connectivity index (χ2n) is 5.81. The van der Waals surface area contributed by atoms with Crippen LogP contribution in [0.2, 0.25) is 5.02 Å². The van der Waals surface area contributed by atoms with Crippen LogP contribution < -0.4 is 5.32 Å². The number of hydrogen-bond donors (Lipinski definition) is 1. The van der Waals surface area contributed by atoms with E-state index in [1.165, 1.54) is 42.5 Å². The molecular weight excluding hydrogens is 358 g/mol. The van der Waals surface area contributed by atoms with E-state index in [1.807, 2.05) is 0 Å². The van der Waals surface area contributed by atoms with Gasteiger partial charge in [0.05, 0.1) is 29.1 Å². The first-order chi connectivity index (χ1) is 12.1. The number of anilines is 1. The summed E-state index contributed by atoms with van der Waals surface area (Å²) >= 11 is 7.58. The first-order valence-electron chi connectivity index (χ1n) is 7.99. The van der Waals surface area contributed by atoms with Crippen LogP contribution in [0, 0.1) is 0 Å². The summed E-state index contributed by atoms with van der Waals surface area (Å²) in [6.45, 7) is 0. The normalized spacial score (nSPS) is 12.6. The van der Waals surface area contributed by atoms with Crippen LogP contribution in [0.25, 0.3) is 0 Å². The third-order valence-electron chi connectivity index (χ3n) is 4.10. The van der Waals surface area contributed by atoms with Gasteiger partial charge in [0.25, 0.3) is 0 Å². The maximum atomic E-state index is 12.2. The minimum absolute atomic E-state index is 0.172. The lowest BCUT2D eigenvalue weighted by Gasteiger charge is -2.09. The zero-order chi connectivity index (χ0) is 17.8. The van der Waals surface area contributed by atoms with E-state index in [1.54, 1.807) is 12.1 Å². The molecule has 0 bridgehead atoms. The van der Waals surface area contributed by atoms with Gasteiger partial charge in [0.2, 0.25) is 5.91 Å². The first-order valence-corrected chi connectivity index (χ1v) is 9.35. The number of nitrogens with one attached hydrogen (secondary N) is 1. The Bertz CT molecular complexity index is 822. The number of halogens is 1. The maximum absolute atomic E-state index is 12.2. The van der Waals surface area contributed by atoms with Crippen molar-refractivity contribution < 1.29 is 14.3 Å². The third kappa shape index (κ3) is 4.35. The van der Waals surface area contributed by atoms with E-state index in [9.17, 15) is 9.59 Å². The Morgan fingerprint density at radius 1 is 1.16 bits per heavy atom. The predicted octanol–water partition coefficient (Wildman–Crippen LogP) is 4.35. The molecule has 0 aliphatic heterocycles. The fourth-order valence-electron chi connectivity index (χ4n) is 2.84. The molecule has 130 valence electrons. The van der Waals surface area contributed by atoms with Gasteiger partial charge in [-0.2, -0.15) is 0 Å². The number of carbonyl (C=O) groups is 2. The van der Waals surface area contributed by atoms with Gasteiger partial charge in [-0.05, 0) is 60.7 Å². The van der Waals surface area contributed by atoms with Crippen molar-refractivity contribution >= 4 is 40.9 Å². The second-order valence-corrected chi connectivity index (χ2v) is 7.26. The molecule has 0 fully saturated rings. The summed E-state index contributed by atoms with van der Waals surface area (Å²) < 4.78 is 4.68.